The van der Waals surface area contributed by atoms with Crippen LogP contribution in [0.1, 0.15) is 23.6 Å². The maximum absolute atomic E-state index is 2.43. The minimum absolute atomic E-state index is 0.249. The number of nitrogens with zero attached hydrogens (tertiary/aromatic N) is 1. The highest BCUT2D eigenvalue weighted by Gasteiger charge is 2.40. The summed E-state index contributed by atoms with van der Waals surface area (Å²) in [4.78, 5) is 2.42. The molecule has 11 aromatic rings. The van der Waals surface area contributed by atoms with Crippen molar-refractivity contribution in [2.24, 2.45) is 0 Å². The summed E-state index contributed by atoms with van der Waals surface area (Å²) in [5.74, 6) is 0. The molecule has 1 aliphatic carbocycles. The molecule has 1 heterocycles. The molecule has 62 heavy (non-hydrogen) atoms. The molecule has 1 nitrogen and oxygen atoms in total. The van der Waals surface area contributed by atoms with Gasteiger partial charge in [-0.1, -0.05) is 176 Å². The van der Waals surface area contributed by atoms with Crippen LogP contribution in [0, 0.1) is 0 Å². The fourth-order valence-electron chi connectivity index (χ4n) is 10.1. The minimum atomic E-state index is -0.249. The first-order chi connectivity index (χ1) is 30.6. The van der Waals surface area contributed by atoms with Gasteiger partial charge in [0, 0.05) is 42.5 Å². The molecule has 0 fully saturated rings. The van der Waals surface area contributed by atoms with E-state index in [0.29, 0.717) is 0 Å². The molecule has 1 aliphatic rings. The van der Waals surface area contributed by atoms with E-state index < -0.39 is 0 Å². The highest BCUT2D eigenvalue weighted by molar-refractivity contribution is 7.25. The SMILES string of the molecule is CC1(c2ccccc2)c2ccccc2-c2ccc(-c3ccc(N(c4ccc(-c5cccc6sc7ccccc7c56)cc4)c4ccccc4-c4ccc5ccccc5c4)cc3)cc21. The van der Waals surface area contributed by atoms with E-state index in [-0.39, 0.29) is 5.41 Å². The molecule has 0 radical (unpaired) electrons. The van der Waals surface area contributed by atoms with Gasteiger partial charge in [0.05, 0.1) is 5.69 Å². The van der Waals surface area contributed by atoms with Crippen LogP contribution in [0.25, 0.3) is 75.5 Å². The first-order valence-corrected chi connectivity index (χ1v) is 22.2. The van der Waals surface area contributed by atoms with Gasteiger partial charge in [-0.3, -0.25) is 0 Å². The third kappa shape index (κ3) is 5.83. The third-order valence-corrected chi connectivity index (χ3v) is 14.3. The lowest BCUT2D eigenvalue weighted by Gasteiger charge is -2.29. The van der Waals surface area contributed by atoms with Gasteiger partial charge >= 0.3 is 0 Å². The summed E-state index contributed by atoms with van der Waals surface area (Å²) in [5.41, 5.74) is 17.0. The summed E-state index contributed by atoms with van der Waals surface area (Å²) in [7, 11) is 0. The number of anilines is 3. The molecule has 2 heteroatoms. The topological polar surface area (TPSA) is 3.24 Å². The van der Waals surface area contributed by atoms with E-state index in [9.17, 15) is 0 Å². The van der Waals surface area contributed by atoms with Crippen molar-refractivity contribution in [3.63, 3.8) is 0 Å². The second kappa shape index (κ2) is 14.6. The number of hydrogen-bond donors (Lipinski definition) is 0. The lowest BCUT2D eigenvalue weighted by molar-refractivity contribution is 0.714. The predicted octanol–water partition coefficient (Wildman–Crippen LogP) is 17.0. The second-order valence-electron chi connectivity index (χ2n) is 16.6. The van der Waals surface area contributed by atoms with Crippen LogP contribution >= 0.6 is 11.3 Å². The van der Waals surface area contributed by atoms with Crippen LogP contribution in [0.2, 0.25) is 0 Å². The Hall–Kier alpha value is -7.52. The first kappa shape index (κ1) is 36.3. The zero-order chi connectivity index (χ0) is 41.2. The van der Waals surface area contributed by atoms with Crippen molar-refractivity contribution in [2.75, 3.05) is 4.90 Å². The highest BCUT2D eigenvalue weighted by Crippen LogP contribution is 2.53. The lowest BCUT2D eigenvalue weighted by Crippen LogP contribution is -2.22. The maximum atomic E-state index is 2.43. The normalized spacial score (nSPS) is 14.3. The van der Waals surface area contributed by atoms with Crippen molar-refractivity contribution in [1.29, 1.82) is 0 Å². The molecule has 1 atom stereocenters. The van der Waals surface area contributed by atoms with Crippen LogP contribution in [0.4, 0.5) is 17.1 Å². The molecule has 0 N–H and O–H groups in total. The average Bonchev–Trinajstić information content (AvgIpc) is 3.85. The molecule has 10 aromatic carbocycles. The predicted molar refractivity (Wildman–Crippen MR) is 265 cm³/mol. The molecule has 0 amide bonds. The molecule has 1 unspecified atom stereocenters. The first-order valence-electron chi connectivity index (χ1n) is 21.4. The molecule has 0 spiro atoms. The number of benzene rings is 10. The van der Waals surface area contributed by atoms with E-state index in [2.05, 4.69) is 242 Å². The summed E-state index contributed by atoms with van der Waals surface area (Å²) >= 11 is 1.87. The lowest BCUT2D eigenvalue weighted by atomic mass is 9.74. The zero-order valence-electron chi connectivity index (χ0n) is 34.3. The van der Waals surface area contributed by atoms with Gasteiger partial charge in [0.15, 0.2) is 0 Å². The number of rotatable bonds is 7. The number of hydrogen-bond acceptors (Lipinski definition) is 2. The van der Waals surface area contributed by atoms with Crippen LogP contribution in [0.5, 0.6) is 0 Å². The molecular formula is C60H41NS. The van der Waals surface area contributed by atoms with Crippen LogP contribution in [-0.4, -0.2) is 0 Å². The molecule has 0 saturated carbocycles. The van der Waals surface area contributed by atoms with Gasteiger partial charge in [-0.2, -0.15) is 0 Å². The van der Waals surface area contributed by atoms with E-state index in [1.165, 1.54) is 92.1 Å². The van der Waals surface area contributed by atoms with E-state index in [0.717, 1.165) is 17.1 Å². The van der Waals surface area contributed by atoms with Gasteiger partial charge in [-0.15, -0.1) is 11.3 Å². The van der Waals surface area contributed by atoms with E-state index in [1.54, 1.807) is 0 Å². The maximum Gasteiger partial charge on any atom is 0.0540 e. The summed E-state index contributed by atoms with van der Waals surface area (Å²) in [6, 6.07) is 85.0. The third-order valence-electron chi connectivity index (χ3n) is 13.2. The Kier molecular flexibility index (Phi) is 8.55. The Morgan fingerprint density at radius 3 is 1.79 bits per heavy atom. The van der Waals surface area contributed by atoms with E-state index in [4.69, 9.17) is 0 Å². The van der Waals surface area contributed by atoms with E-state index in [1.807, 2.05) is 11.3 Å². The van der Waals surface area contributed by atoms with Crippen molar-refractivity contribution in [3.05, 3.63) is 247 Å². The minimum Gasteiger partial charge on any atom is -0.310 e. The van der Waals surface area contributed by atoms with Crippen molar-refractivity contribution in [3.8, 4) is 44.5 Å². The Labute approximate surface area is 366 Å². The Morgan fingerprint density at radius 2 is 0.968 bits per heavy atom. The zero-order valence-corrected chi connectivity index (χ0v) is 35.1. The monoisotopic (exact) mass is 807 g/mol. The van der Waals surface area contributed by atoms with Gasteiger partial charge in [0.2, 0.25) is 0 Å². The quantitative estimate of drug-likeness (QED) is 0.155. The number of thiophene rings is 1. The highest BCUT2D eigenvalue weighted by atomic mass is 32.1. The average molecular weight is 808 g/mol. The van der Waals surface area contributed by atoms with Gasteiger partial charge < -0.3 is 4.90 Å². The van der Waals surface area contributed by atoms with Crippen molar-refractivity contribution < 1.29 is 0 Å². The second-order valence-corrected chi connectivity index (χ2v) is 17.7. The number of para-hydroxylation sites is 1. The number of fused-ring (bicyclic) bond motifs is 7. The standard InChI is InChI=1S/C60H41NS/c1-60(46-16-3-2-4-17-46)54-22-10-7-19-51(54)52-37-32-44(39-55(52)60)41-28-33-47(34-29-41)61(56-23-11-8-18-49(56)45-27-26-40-14-5-6-15-43(40)38-45)48-35-30-42(31-36-48)50-21-13-25-58-59(50)53-20-9-12-24-57(53)62-58/h2-39H,1H3. The van der Waals surface area contributed by atoms with Crippen molar-refractivity contribution >= 4 is 59.3 Å². The van der Waals surface area contributed by atoms with Crippen LogP contribution in [-0.2, 0) is 5.41 Å². The van der Waals surface area contributed by atoms with Gasteiger partial charge in [0.25, 0.3) is 0 Å². The molecular weight excluding hydrogens is 767 g/mol. The largest absolute Gasteiger partial charge is 0.310 e. The Morgan fingerprint density at radius 1 is 0.371 bits per heavy atom. The summed E-state index contributed by atoms with van der Waals surface area (Å²) in [6.45, 7) is 2.39. The summed E-state index contributed by atoms with van der Waals surface area (Å²) in [5, 5.41) is 5.12. The van der Waals surface area contributed by atoms with Crippen LogP contribution in [0.15, 0.2) is 231 Å². The Balaban J connectivity index is 0.976. The molecule has 292 valence electrons. The van der Waals surface area contributed by atoms with Crippen molar-refractivity contribution in [2.45, 2.75) is 12.3 Å². The fourth-order valence-corrected chi connectivity index (χ4v) is 11.2. The van der Waals surface area contributed by atoms with Crippen LogP contribution in [0.3, 0.4) is 0 Å². The van der Waals surface area contributed by atoms with Crippen molar-refractivity contribution in [1.82, 2.24) is 0 Å². The van der Waals surface area contributed by atoms with Gasteiger partial charge in [0.1, 0.15) is 0 Å². The smallest absolute Gasteiger partial charge is 0.0540 e. The molecule has 1 aromatic heterocycles. The molecule has 0 bridgehead atoms. The molecule has 0 saturated heterocycles. The fraction of sp³-hybridized carbons (Fsp3) is 0.0333. The molecule has 12 rings (SSSR count). The van der Waals surface area contributed by atoms with Crippen LogP contribution < -0.4 is 4.90 Å². The molecule has 0 aliphatic heterocycles. The summed E-state index contributed by atoms with van der Waals surface area (Å²) < 4.78 is 2.64. The van der Waals surface area contributed by atoms with E-state index >= 15 is 0 Å². The van der Waals surface area contributed by atoms with Gasteiger partial charge in [-0.25, -0.2) is 0 Å². The Bertz CT molecular complexity index is 3470. The summed E-state index contributed by atoms with van der Waals surface area (Å²) in [6.07, 6.45) is 0. The van der Waals surface area contributed by atoms with Gasteiger partial charge in [-0.05, 0) is 128 Å².